The number of thioether (sulfide) groups is 1. The summed E-state index contributed by atoms with van der Waals surface area (Å²) in [5.74, 6) is 1.06. The van der Waals surface area contributed by atoms with Gasteiger partial charge in [0.1, 0.15) is 0 Å². The third kappa shape index (κ3) is 5.19. The molecular formula is C12H18N2OS. The van der Waals surface area contributed by atoms with E-state index in [1.165, 1.54) is 11.8 Å². The minimum absolute atomic E-state index is 0.0386. The lowest BCUT2D eigenvalue weighted by Gasteiger charge is -2.04. The number of rotatable bonds is 6. The van der Waals surface area contributed by atoms with Crippen LogP contribution in [0.15, 0.2) is 29.2 Å². The second-order valence-corrected chi connectivity index (χ2v) is 4.72. The van der Waals surface area contributed by atoms with Crippen LogP contribution in [0.3, 0.4) is 0 Å². The number of benzene rings is 1. The Morgan fingerprint density at radius 1 is 1.31 bits per heavy atom. The first-order valence-electron chi connectivity index (χ1n) is 5.43. The number of unbranched alkanes of at least 4 members (excludes halogenated alkanes) is 1. The molecule has 0 aromatic heterocycles. The molecule has 1 rings (SSSR count). The van der Waals surface area contributed by atoms with Gasteiger partial charge in [-0.2, -0.15) is 0 Å². The van der Waals surface area contributed by atoms with Gasteiger partial charge in [0.25, 0.3) is 0 Å². The largest absolute Gasteiger partial charge is 0.330 e. The van der Waals surface area contributed by atoms with E-state index >= 15 is 0 Å². The molecule has 0 bridgehead atoms. The number of carbonyl (C=O) groups excluding carboxylic acids is 1. The number of nitrogens with two attached hydrogens (primary N) is 1. The molecule has 0 fully saturated rings. The maximum atomic E-state index is 10.8. The van der Waals surface area contributed by atoms with Crippen LogP contribution in [0.4, 0.5) is 5.69 Å². The predicted molar refractivity (Wildman–Crippen MR) is 69.8 cm³/mol. The molecule has 0 unspecified atom stereocenters. The quantitative estimate of drug-likeness (QED) is 0.591. The molecule has 1 aromatic rings. The third-order valence-corrected chi connectivity index (χ3v) is 3.14. The van der Waals surface area contributed by atoms with Crippen LogP contribution in [0, 0.1) is 0 Å². The molecule has 1 amide bonds. The van der Waals surface area contributed by atoms with Crippen LogP contribution in [0.1, 0.15) is 19.8 Å². The average molecular weight is 238 g/mol. The highest BCUT2D eigenvalue weighted by atomic mass is 32.2. The van der Waals surface area contributed by atoms with Crippen molar-refractivity contribution >= 4 is 23.4 Å². The Morgan fingerprint density at radius 2 is 2.00 bits per heavy atom. The highest BCUT2D eigenvalue weighted by molar-refractivity contribution is 7.99. The Balaban J connectivity index is 2.36. The summed E-state index contributed by atoms with van der Waals surface area (Å²) in [6, 6.07) is 7.90. The van der Waals surface area contributed by atoms with Crippen molar-refractivity contribution in [2.45, 2.75) is 24.7 Å². The van der Waals surface area contributed by atoms with Gasteiger partial charge in [-0.25, -0.2) is 0 Å². The van der Waals surface area contributed by atoms with Gasteiger partial charge in [-0.1, -0.05) is 0 Å². The lowest BCUT2D eigenvalue weighted by Crippen LogP contribution is -2.05. The lowest BCUT2D eigenvalue weighted by atomic mass is 10.3. The number of hydrogen-bond donors (Lipinski definition) is 2. The topological polar surface area (TPSA) is 55.1 Å². The van der Waals surface area contributed by atoms with Crippen LogP contribution in [0.2, 0.25) is 0 Å². The molecule has 3 N–H and O–H groups in total. The minimum atomic E-state index is -0.0386. The third-order valence-electron chi connectivity index (χ3n) is 2.04. The molecule has 0 radical (unpaired) electrons. The number of amides is 1. The van der Waals surface area contributed by atoms with Crippen LogP contribution in [0.5, 0.6) is 0 Å². The number of hydrogen-bond acceptors (Lipinski definition) is 3. The maximum Gasteiger partial charge on any atom is 0.221 e. The van der Waals surface area contributed by atoms with Crippen molar-refractivity contribution in [3.05, 3.63) is 24.3 Å². The SMILES string of the molecule is CC(=O)Nc1ccc(SCCCCN)cc1. The van der Waals surface area contributed by atoms with Gasteiger partial charge in [0.2, 0.25) is 5.91 Å². The molecule has 0 saturated heterocycles. The van der Waals surface area contributed by atoms with E-state index in [1.807, 2.05) is 36.0 Å². The van der Waals surface area contributed by atoms with Crippen molar-refractivity contribution in [2.75, 3.05) is 17.6 Å². The molecule has 0 saturated carbocycles. The molecule has 0 heterocycles. The van der Waals surface area contributed by atoms with E-state index in [9.17, 15) is 4.79 Å². The molecular weight excluding hydrogens is 220 g/mol. The van der Waals surface area contributed by atoms with E-state index in [0.29, 0.717) is 0 Å². The molecule has 0 atom stereocenters. The van der Waals surface area contributed by atoms with Gasteiger partial charge in [0.05, 0.1) is 0 Å². The zero-order chi connectivity index (χ0) is 11.8. The van der Waals surface area contributed by atoms with Gasteiger partial charge in [0, 0.05) is 17.5 Å². The van der Waals surface area contributed by atoms with E-state index in [2.05, 4.69) is 5.32 Å². The molecule has 0 aliphatic heterocycles. The maximum absolute atomic E-state index is 10.8. The minimum Gasteiger partial charge on any atom is -0.330 e. The van der Waals surface area contributed by atoms with Crippen molar-refractivity contribution in [1.29, 1.82) is 0 Å². The van der Waals surface area contributed by atoms with E-state index in [1.54, 1.807) is 0 Å². The Hall–Kier alpha value is -1.00. The van der Waals surface area contributed by atoms with E-state index < -0.39 is 0 Å². The second kappa shape index (κ2) is 7.30. The van der Waals surface area contributed by atoms with Gasteiger partial charge in [-0.05, 0) is 49.4 Å². The van der Waals surface area contributed by atoms with Gasteiger partial charge >= 0.3 is 0 Å². The van der Waals surface area contributed by atoms with Crippen LogP contribution < -0.4 is 11.1 Å². The highest BCUT2D eigenvalue weighted by Gasteiger charge is 1.97. The van der Waals surface area contributed by atoms with Crippen molar-refractivity contribution in [3.8, 4) is 0 Å². The van der Waals surface area contributed by atoms with Crippen LogP contribution in [-0.4, -0.2) is 18.2 Å². The Kier molecular flexibility index (Phi) is 5.96. The number of anilines is 1. The summed E-state index contributed by atoms with van der Waals surface area (Å²) >= 11 is 1.82. The second-order valence-electron chi connectivity index (χ2n) is 3.55. The van der Waals surface area contributed by atoms with E-state index in [4.69, 9.17) is 5.73 Å². The molecule has 0 aliphatic rings. The van der Waals surface area contributed by atoms with E-state index in [-0.39, 0.29) is 5.91 Å². The first-order valence-corrected chi connectivity index (χ1v) is 6.41. The summed E-state index contributed by atoms with van der Waals surface area (Å²) in [7, 11) is 0. The molecule has 88 valence electrons. The van der Waals surface area contributed by atoms with E-state index in [0.717, 1.165) is 30.8 Å². The van der Waals surface area contributed by atoms with Crippen molar-refractivity contribution in [2.24, 2.45) is 5.73 Å². The number of nitrogens with one attached hydrogen (secondary N) is 1. The summed E-state index contributed by atoms with van der Waals surface area (Å²) in [4.78, 5) is 12.0. The number of carbonyl (C=O) groups is 1. The molecule has 3 nitrogen and oxygen atoms in total. The zero-order valence-corrected chi connectivity index (χ0v) is 10.3. The van der Waals surface area contributed by atoms with Crippen LogP contribution in [-0.2, 0) is 4.79 Å². The van der Waals surface area contributed by atoms with Crippen molar-refractivity contribution in [1.82, 2.24) is 0 Å². The summed E-state index contributed by atoms with van der Waals surface area (Å²) in [5.41, 5.74) is 6.27. The molecule has 16 heavy (non-hydrogen) atoms. The normalized spacial score (nSPS) is 10.1. The van der Waals surface area contributed by atoms with Gasteiger partial charge < -0.3 is 11.1 Å². The average Bonchev–Trinajstić information content (AvgIpc) is 2.26. The summed E-state index contributed by atoms with van der Waals surface area (Å²) < 4.78 is 0. The molecule has 0 aliphatic carbocycles. The Labute approximate surface area is 101 Å². The van der Waals surface area contributed by atoms with Gasteiger partial charge in [0.15, 0.2) is 0 Å². The van der Waals surface area contributed by atoms with Crippen LogP contribution >= 0.6 is 11.8 Å². The first kappa shape index (κ1) is 13.1. The fourth-order valence-electron chi connectivity index (χ4n) is 1.27. The predicted octanol–water partition coefficient (Wildman–Crippen LogP) is 2.48. The first-order chi connectivity index (χ1) is 7.72. The van der Waals surface area contributed by atoms with Crippen molar-refractivity contribution in [3.63, 3.8) is 0 Å². The summed E-state index contributed by atoms with van der Waals surface area (Å²) in [6.07, 6.45) is 2.23. The molecule has 0 spiro atoms. The lowest BCUT2D eigenvalue weighted by molar-refractivity contribution is -0.114. The molecule has 1 aromatic carbocycles. The zero-order valence-electron chi connectivity index (χ0n) is 9.53. The standard InChI is InChI=1S/C12H18N2OS/c1-10(15)14-11-4-6-12(7-5-11)16-9-3-2-8-13/h4-7H,2-3,8-9,13H2,1H3,(H,14,15). The monoisotopic (exact) mass is 238 g/mol. The Morgan fingerprint density at radius 3 is 2.56 bits per heavy atom. The van der Waals surface area contributed by atoms with Gasteiger partial charge in [-0.15, -0.1) is 11.8 Å². The summed E-state index contributed by atoms with van der Waals surface area (Å²) in [5, 5.41) is 2.74. The smallest absolute Gasteiger partial charge is 0.221 e. The molecule has 4 heteroatoms. The fraction of sp³-hybridized carbons (Fsp3) is 0.417. The Bertz CT molecular complexity index is 324. The highest BCUT2D eigenvalue weighted by Crippen LogP contribution is 2.21. The van der Waals surface area contributed by atoms with Crippen LogP contribution in [0.25, 0.3) is 0 Å². The van der Waals surface area contributed by atoms with Crippen molar-refractivity contribution < 1.29 is 4.79 Å². The fourth-order valence-corrected chi connectivity index (χ4v) is 2.19. The van der Waals surface area contributed by atoms with Gasteiger partial charge in [-0.3, -0.25) is 4.79 Å². The summed E-state index contributed by atoms with van der Waals surface area (Å²) in [6.45, 7) is 2.28.